The van der Waals surface area contributed by atoms with Crippen LogP contribution in [0, 0.1) is 0 Å². The lowest BCUT2D eigenvalue weighted by Crippen LogP contribution is -2.12. The SMILES string of the molecule is COc1cc(NC(C)=O)ccc1NC(=O)CCCBr. The van der Waals surface area contributed by atoms with E-state index in [1.807, 2.05) is 0 Å². The molecule has 19 heavy (non-hydrogen) atoms. The van der Waals surface area contributed by atoms with Gasteiger partial charge in [0, 0.05) is 30.4 Å². The predicted octanol–water partition coefficient (Wildman–Crippen LogP) is 2.77. The highest BCUT2D eigenvalue weighted by Crippen LogP contribution is 2.28. The number of nitrogens with one attached hydrogen (secondary N) is 2. The first-order chi connectivity index (χ1) is 9.06. The summed E-state index contributed by atoms with van der Waals surface area (Å²) in [6, 6.07) is 5.08. The first-order valence-corrected chi connectivity index (χ1v) is 7.00. The monoisotopic (exact) mass is 328 g/mol. The molecule has 5 nitrogen and oxygen atoms in total. The van der Waals surface area contributed by atoms with E-state index in [9.17, 15) is 9.59 Å². The summed E-state index contributed by atoms with van der Waals surface area (Å²) in [6.07, 6.45) is 1.22. The van der Waals surface area contributed by atoms with Gasteiger partial charge in [0.05, 0.1) is 12.8 Å². The fraction of sp³-hybridized carbons (Fsp3) is 0.385. The maximum atomic E-state index is 11.6. The molecule has 2 amide bonds. The molecule has 0 aliphatic rings. The molecule has 0 bridgehead atoms. The summed E-state index contributed by atoms with van der Waals surface area (Å²) in [4.78, 5) is 22.6. The Bertz CT molecular complexity index is 463. The fourth-order valence-corrected chi connectivity index (χ4v) is 1.80. The third-order valence-electron chi connectivity index (χ3n) is 2.33. The van der Waals surface area contributed by atoms with Crippen molar-refractivity contribution in [3.63, 3.8) is 0 Å². The smallest absolute Gasteiger partial charge is 0.224 e. The number of amides is 2. The molecule has 0 fully saturated rings. The van der Waals surface area contributed by atoms with Gasteiger partial charge in [0.1, 0.15) is 5.75 Å². The molecule has 1 aromatic rings. The fourth-order valence-electron chi connectivity index (χ4n) is 1.52. The standard InChI is InChI=1S/C13H17BrN2O3/c1-9(17)15-10-5-6-11(12(8-10)19-2)16-13(18)4-3-7-14/h5-6,8H,3-4,7H2,1-2H3,(H,15,17)(H,16,18). The summed E-state index contributed by atoms with van der Waals surface area (Å²) >= 11 is 3.28. The van der Waals surface area contributed by atoms with Crippen LogP contribution in [-0.2, 0) is 9.59 Å². The number of halogens is 1. The van der Waals surface area contributed by atoms with E-state index in [2.05, 4.69) is 26.6 Å². The average Bonchev–Trinajstić information content (AvgIpc) is 2.37. The van der Waals surface area contributed by atoms with E-state index < -0.39 is 0 Å². The summed E-state index contributed by atoms with van der Waals surface area (Å²) in [6.45, 7) is 1.43. The Balaban J connectivity index is 2.78. The van der Waals surface area contributed by atoms with Crippen LogP contribution >= 0.6 is 15.9 Å². The average molecular weight is 329 g/mol. The van der Waals surface area contributed by atoms with Gasteiger partial charge in [-0.2, -0.15) is 0 Å². The topological polar surface area (TPSA) is 67.4 Å². The number of anilines is 2. The number of hydrogen-bond donors (Lipinski definition) is 2. The Morgan fingerprint density at radius 1 is 1.32 bits per heavy atom. The van der Waals surface area contributed by atoms with Crippen molar-refractivity contribution < 1.29 is 14.3 Å². The molecule has 1 aromatic carbocycles. The van der Waals surface area contributed by atoms with Crippen LogP contribution in [0.4, 0.5) is 11.4 Å². The van der Waals surface area contributed by atoms with Crippen LogP contribution in [0.15, 0.2) is 18.2 Å². The van der Waals surface area contributed by atoms with E-state index in [0.29, 0.717) is 23.5 Å². The van der Waals surface area contributed by atoms with Gasteiger partial charge in [0.2, 0.25) is 11.8 Å². The Labute approximate surface area is 120 Å². The highest BCUT2D eigenvalue weighted by Gasteiger charge is 2.08. The molecular weight excluding hydrogens is 312 g/mol. The van der Waals surface area contributed by atoms with Crippen molar-refractivity contribution in [1.82, 2.24) is 0 Å². The second-order valence-electron chi connectivity index (χ2n) is 3.94. The van der Waals surface area contributed by atoms with Gasteiger partial charge in [-0.1, -0.05) is 15.9 Å². The van der Waals surface area contributed by atoms with E-state index in [1.54, 1.807) is 18.2 Å². The molecule has 1 rings (SSSR count). The van der Waals surface area contributed by atoms with Crippen LogP contribution in [0.3, 0.4) is 0 Å². The van der Waals surface area contributed by atoms with Crippen molar-refractivity contribution in [3.8, 4) is 5.75 Å². The number of carbonyl (C=O) groups excluding carboxylic acids is 2. The van der Waals surface area contributed by atoms with Crippen LogP contribution in [0.1, 0.15) is 19.8 Å². The van der Waals surface area contributed by atoms with Gasteiger partial charge >= 0.3 is 0 Å². The first-order valence-electron chi connectivity index (χ1n) is 5.88. The number of alkyl halides is 1. The molecule has 0 radical (unpaired) electrons. The molecule has 0 spiro atoms. The molecule has 0 heterocycles. The highest BCUT2D eigenvalue weighted by molar-refractivity contribution is 9.09. The van der Waals surface area contributed by atoms with Crippen molar-refractivity contribution in [3.05, 3.63) is 18.2 Å². The Morgan fingerprint density at radius 2 is 2.05 bits per heavy atom. The second kappa shape index (κ2) is 7.78. The minimum Gasteiger partial charge on any atom is -0.494 e. The normalized spacial score (nSPS) is 9.84. The van der Waals surface area contributed by atoms with Crippen LogP contribution < -0.4 is 15.4 Å². The summed E-state index contributed by atoms with van der Waals surface area (Å²) in [5, 5.41) is 6.23. The summed E-state index contributed by atoms with van der Waals surface area (Å²) in [7, 11) is 1.51. The molecular formula is C13H17BrN2O3. The van der Waals surface area contributed by atoms with Crippen molar-refractivity contribution >= 4 is 39.1 Å². The molecule has 0 aromatic heterocycles. The maximum absolute atomic E-state index is 11.6. The van der Waals surface area contributed by atoms with E-state index in [0.717, 1.165) is 11.8 Å². The molecule has 0 unspecified atom stereocenters. The van der Waals surface area contributed by atoms with Crippen LogP contribution in [-0.4, -0.2) is 24.3 Å². The minimum atomic E-state index is -0.156. The zero-order chi connectivity index (χ0) is 14.3. The zero-order valence-corrected chi connectivity index (χ0v) is 12.5. The first kappa shape index (κ1) is 15.5. The van der Waals surface area contributed by atoms with E-state index in [1.165, 1.54) is 14.0 Å². The molecule has 2 N–H and O–H groups in total. The molecule has 0 aliphatic carbocycles. The number of methoxy groups -OCH3 is 1. The predicted molar refractivity (Wildman–Crippen MR) is 79.0 cm³/mol. The van der Waals surface area contributed by atoms with E-state index >= 15 is 0 Å². The molecule has 6 heteroatoms. The molecule has 0 aliphatic heterocycles. The van der Waals surface area contributed by atoms with Gasteiger partial charge in [0.15, 0.2) is 0 Å². The van der Waals surface area contributed by atoms with Crippen molar-refractivity contribution in [2.45, 2.75) is 19.8 Å². The van der Waals surface area contributed by atoms with E-state index in [-0.39, 0.29) is 11.8 Å². The molecule has 0 saturated heterocycles. The summed E-state index contributed by atoms with van der Waals surface area (Å²) in [5.41, 5.74) is 1.22. The van der Waals surface area contributed by atoms with Crippen LogP contribution in [0.25, 0.3) is 0 Å². The number of hydrogen-bond acceptors (Lipinski definition) is 3. The third-order valence-corrected chi connectivity index (χ3v) is 2.89. The lowest BCUT2D eigenvalue weighted by Gasteiger charge is -2.12. The maximum Gasteiger partial charge on any atom is 0.224 e. The largest absolute Gasteiger partial charge is 0.494 e. The number of benzene rings is 1. The second-order valence-corrected chi connectivity index (χ2v) is 4.73. The minimum absolute atomic E-state index is 0.0648. The lowest BCUT2D eigenvalue weighted by atomic mass is 10.2. The van der Waals surface area contributed by atoms with E-state index in [4.69, 9.17) is 4.74 Å². The number of ether oxygens (including phenoxy) is 1. The van der Waals surface area contributed by atoms with Crippen molar-refractivity contribution in [2.75, 3.05) is 23.1 Å². The Hall–Kier alpha value is -1.56. The molecule has 0 saturated carbocycles. The van der Waals surface area contributed by atoms with Gasteiger partial charge < -0.3 is 15.4 Å². The van der Waals surface area contributed by atoms with Gasteiger partial charge in [-0.15, -0.1) is 0 Å². The molecule has 104 valence electrons. The quantitative estimate of drug-likeness (QED) is 0.789. The lowest BCUT2D eigenvalue weighted by molar-refractivity contribution is -0.116. The van der Waals surface area contributed by atoms with Gasteiger partial charge in [0.25, 0.3) is 0 Å². The van der Waals surface area contributed by atoms with Gasteiger partial charge in [-0.05, 0) is 18.6 Å². The van der Waals surface area contributed by atoms with Crippen molar-refractivity contribution in [1.29, 1.82) is 0 Å². The van der Waals surface area contributed by atoms with Gasteiger partial charge in [-0.3, -0.25) is 9.59 Å². The summed E-state index contributed by atoms with van der Waals surface area (Å²) < 4.78 is 5.20. The third kappa shape index (κ3) is 5.30. The van der Waals surface area contributed by atoms with Gasteiger partial charge in [-0.25, -0.2) is 0 Å². The number of rotatable bonds is 6. The summed E-state index contributed by atoms with van der Waals surface area (Å²) in [5.74, 6) is 0.291. The van der Waals surface area contributed by atoms with Crippen LogP contribution in [0.2, 0.25) is 0 Å². The Morgan fingerprint density at radius 3 is 2.63 bits per heavy atom. The Kier molecular flexibility index (Phi) is 6.35. The molecule has 0 atom stereocenters. The highest BCUT2D eigenvalue weighted by atomic mass is 79.9. The zero-order valence-electron chi connectivity index (χ0n) is 11.0. The van der Waals surface area contributed by atoms with Crippen molar-refractivity contribution in [2.24, 2.45) is 0 Å². The number of carbonyl (C=O) groups is 2. The van der Waals surface area contributed by atoms with Crippen LogP contribution in [0.5, 0.6) is 5.75 Å².